The van der Waals surface area contributed by atoms with Crippen LogP contribution in [0.15, 0.2) is 28.4 Å². The first kappa shape index (κ1) is 8.73. The number of H-pyrrole nitrogens is 1. The van der Waals surface area contributed by atoms with Gasteiger partial charge in [0.1, 0.15) is 5.75 Å². The SMILES string of the molecule is O=c1[nH]c(-c2ccc3c(c2)CCO3)cs1. The van der Waals surface area contributed by atoms with E-state index in [4.69, 9.17) is 4.74 Å². The molecule has 3 nitrogen and oxygen atoms in total. The maximum atomic E-state index is 11.0. The average molecular weight is 219 g/mol. The van der Waals surface area contributed by atoms with Crippen LogP contribution >= 0.6 is 11.3 Å². The zero-order chi connectivity index (χ0) is 10.3. The number of fused-ring (bicyclic) bond motifs is 1. The van der Waals surface area contributed by atoms with Gasteiger partial charge in [0.15, 0.2) is 0 Å². The van der Waals surface area contributed by atoms with Gasteiger partial charge in [0, 0.05) is 11.8 Å². The van der Waals surface area contributed by atoms with Crippen LogP contribution in [0.1, 0.15) is 5.56 Å². The van der Waals surface area contributed by atoms with E-state index >= 15 is 0 Å². The summed E-state index contributed by atoms with van der Waals surface area (Å²) in [5.74, 6) is 0.969. The highest BCUT2D eigenvalue weighted by atomic mass is 32.1. The second kappa shape index (κ2) is 3.24. The molecule has 1 aromatic carbocycles. The van der Waals surface area contributed by atoms with Crippen LogP contribution < -0.4 is 9.61 Å². The summed E-state index contributed by atoms with van der Waals surface area (Å²) in [4.78, 5) is 13.8. The second-order valence-corrected chi connectivity index (χ2v) is 4.32. The lowest BCUT2D eigenvalue weighted by Crippen LogP contribution is -1.92. The number of nitrogens with one attached hydrogen (secondary N) is 1. The minimum absolute atomic E-state index is 0.0123. The van der Waals surface area contributed by atoms with Crippen LogP contribution in [-0.4, -0.2) is 11.6 Å². The third-order valence-electron chi connectivity index (χ3n) is 2.52. The number of ether oxygens (including phenoxy) is 1. The van der Waals surface area contributed by atoms with E-state index in [1.54, 1.807) is 0 Å². The van der Waals surface area contributed by atoms with Gasteiger partial charge in [-0.05, 0) is 29.3 Å². The first-order valence-corrected chi connectivity index (χ1v) is 5.65. The Kier molecular flexibility index (Phi) is 1.89. The molecule has 0 aliphatic carbocycles. The van der Waals surface area contributed by atoms with Crippen LogP contribution in [0.5, 0.6) is 5.75 Å². The van der Waals surface area contributed by atoms with Crippen LogP contribution in [0.2, 0.25) is 0 Å². The fourth-order valence-corrected chi connectivity index (χ4v) is 2.36. The van der Waals surface area contributed by atoms with Crippen LogP contribution in [-0.2, 0) is 6.42 Å². The summed E-state index contributed by atoms with van der Waals surface area (Å²) in [6.07, 6.45) is 0.956. The molecule has 1 N–H and O–H groups in total. The Bertz CT molecular complexity index is 556. The highest BCUT2D eigenvalue weighted by molar-refractivity contribution is 7.07. The van der Waals surface area contributed by atoms with Gasteiger partial charge in [-0.2, -0.15) is 0 Å². The number of rotatable bonds is 1. The van der Waals surface area contributed by atoms with E-state index in [0.717, 1.165) is 30.0 Å². The normalized spacial score (nSPS) is 13.6. The third kappa shape index (κ3) is 1.47. The molecule has 0 bridgehead atoms. The molecule has 2 heterocycles. The number of aromatic nitrogens is 1. The summed E-state index contributed by atoms with van der Waals surface area (Å²) in [6, 6.07) is 6.02. The molecule has 0 atom stereocenters. The summed E-state index contributed by atoms with van der Waals surface area (Å²) in [5, 5.41) is 1.85. The van der Waals surface area contributed by atoms with Gasteiger partial charge in [-0.25, -0.2) is 0 Å². The number of aromatic amines is 1. The minimum atomic E-state index is -0.0123. The molecule has 3 rings (SSSR count). The minimum Gasteiger partial charge on any atom is -0.493 e. The zero-order valence-electron chi connectivity index (χ0n) is 7.95. The molecule has 1 aliphatic heterocycles. The molecular formula is C11H9NO2S. The van der Waals surface area contributed by atoms with Crippen molar-refractivity contribution in [3.63, 3.8) is 0 Å². The lowest BCUT2D eigenvalue weighted by atomic mass is 10.1. The molecule has 4 heteroatoms. The predicted octanol–water partition coefficient (Wildman–Crippen LogP) is 2.04. The molecule has 2 aromatic rings. The van der Waals surface area contributed by atoms with Crippen LogP contribution in [0.3, 0.4) is 0 Å². The monoisotopic (exact) mass is 219 g/mol. The number of thiazole rings is 1. The Morgan fingerprint density at radius 3 is 3.13 bits per heavy atom. The summed E-state index contributed by atoms with van der Waals surface area (Å²) in [7, 11) is 0. The Morgan fingerprint density at radius 2 is 2.33 bits per heavy atom. The van der Waals surface area contributed by atoms with Crippen LogP contribution in [0, 0.1) is 0 Å². The van der Waals surface area contributed by atoms with Crippen molar-refractivity contribution in [3.05, 3.63) is 38.8 Å². The molecular weight excluding hydrogens is 210 g/mol. The quantitative estimate of drug-likeness (QED) is 0.797. The van der Waals surface area contributed by atoms with Crippen molar-refractivity contribution in [3.8, 4) is 17.0 Å². The Morgan fingerprint density at radius 1 is 1.40 bits per heavy atom. The smallest absolute Gasteiger partial charge is 0.304 e. The predicted molar refractivity (Wildman–Crippen MR) is 59.6 cm³/mol. The molecule has 0 radical (unpaired) electrons. The molecule has 0 spiro atoms. The van der Waals surface area contributed by atoms with Gasteiger partial charge in [-0.15, -0.1) is 0 Å². The van der Waals surface area contributed by atoms with Crippen molar-refractivity contribution in [2.75, 3.05) is 6.61 Å². The first-order valence-electron chi connectivity index (χ1n) is 4.77. The molecule has 0 saturated heterocycles. The maximum absolute atomic E-state index is 11.0. The van der Waals surface area contributed by atoms with Gasteiger partial charge in [-0.1, -0.05) is 11.3 Å². The van der Waals surface area contributed by atoms with Crippen LogP contribution in [0.4, 0.5) is 0 Å². The summed E-state index contributed by atoms with van der Waals surface area (Å²) in [5.41, 5.74) is 3.16. The zero-order valence-corrected chi connectivity index (χ0v) is 8.76. The van der Waals surface area contributed by atoms with E-state index < -0.39 is 0 Å². The maximum Gasteiger partial charge on any atom is 0.304 e. The van der Waals surface area contributed by atoms with Crippen molar-refractivity contribution in [2.45, 2.75) is 6.42 Å². The molecule has 15 heavy (non-hydrogen) atoms. The standard InChI is InChI=1S/C11H9NO2S/c13-11-12-9(6-15-11)7-1-2-10-8(5-7)3-4-14-10/h1-2,5-6H,3-4H2,(H,12,13). The molecule has 0 saturated carbocycles. The summed E-state index contributed by atoms with van der Waals surface area (Å²) >= 11 is 1.19. The molecule has 0 fully saturated rings. The number of hydrogen-bond acceptors (Lipinski definition) is 3. The van der Waals surface area contributed by atoms with Crippen LogP contribution in [0.25, 0.3) is 11.3 Å². The molecule has 0 amide bonds. The number of hydrogen-bond donors (Lipinski definition) is 1. The second-order valence-electron chi connectivity index (χ2n) is 3.48. The highest BCUT2D eigenvalue weighted by Gasteiger charge is 2.12. The van der Waals surface area contributed by atoms with Gasteiger partial charge in [0.05, 0.1) is 12.3 Å². The lowest BCUT2D eigenvalue weighted by molar-refractivity contribution is 0.357. The highest BCUT2D eigenvalue weighted by Crippen LogP contribution is 2.29. The van der Waals surface area contributed by atoms with E-state index in [0.29, 0.717) is 0 Å². The van der Waals surface area contributed by atoms with Crippen molar-refractivity contribution in [2.24, 2.45) is 0 Å². The van der Waals surface area contributed by atoms with Gasteiger partial charge in [0.2, 0.25) is 0 Å². The lowest BCUT2D eigenvalue weighted by Gasteiger charge is -2.01. The van der Waals surface area contributed by atoms with Crippen molar-refractivity contribution in [1.29, 1.82) is 0 Å². The first-order chi connectivity index (χ1) is 7.33. The molecule has 0 unspecified atom stereocenters. The van der Waals surface area contributed by atoms with Gasteiger partial charge in [-0.3, -0.25) is 4.79 Å². The topological polar surface area (TPSA) is 42.1 Å². The van der Waals surface area contributed by atoms with E-state index in [-0.39, 0.29) is 4.87 Å². The van der Waals surface area contributed by atoms with E-state index in [1.807, 2.05) is 17.5 Å². The van der Waals surface area contributed by atoms with Crippen molar-refractivity contribution >= 4 is 11.3 Å². The Hall–Kier alpha value is -1.55. The molecule has 1 aliphatic rings. The molecule has 76 valence electrons. The third-order valence-corrected chi connectivity index (χ3v) is 3.19. The summed E-state index contributed by atoms with van der Waals surface area (Å²) in [6.45, 7) is 0.763. The fraction of sp³-hybridized carbons (Fsp3) is 0.182. The number of benzene rings is 1. The van der Waals surface area contributed by atoms with E-state index in [2.05, 4.69) is 11.1 Å². The summed E-state index contributed by atoms with van der Waals surface area (Å²) < 4.78 is 5.43. The van der Waals surface area contributed by atoms with Gasteiger partial charge < -0.3 is 9.72 Å². The average Bonchev–Trinajstić information content (AvgIpc) is 2.84. The Balaban J connectivity index is 2.10. The van der Waals surface area contributed by atoms with E-state index in [1.165, 1.54) is 16.9 Å². The van der Waals surface area contributed by atoms with Gasteiger partial charge in [0.25, 0.3) is 0 Å². The Labute approximate surface area is 90.3 Å². The van der Waals surface area contributed by atoms with Crippen molar-refractivity contribution in [1.82, 2.24) is 4.98 Å². The van der Waals surface area contributed by atoms with E-state index in [9.17, 15) is 4.79 Å². The largest absolute Gasteiger partial charge is 0.493 e. The van der Waals surface area contributed by atoms with Crippen molar-refractivity contribution < 1.29 is 4.74 Å². The fourth-order valence-electron chi connectivity index (χ4n) is 1.78. The van der Waals surface area contributed by atoms with Gasteiger partial charge >= 0.3 is 4.87 Å². The molecule has 1 aromatic heterocycles.